The highest BCUT2D eigenvalue weighted by molar-refractivity contribution is 5.99. The number of rotatable bonds is 4. The fourth-order valence-electron chi connectivity index (χ4n) is 2.88. The summed E-state index contributed by atoms with van der Waals surface area (Å²) >= 11 is 0. The molecule has 138 valence electrons. The molecule has 0 aliphatic heterocycles. The lowest BCUT2D eigenvalue weighted by molar-refractivity contribution is 0.0843. The minimum atomic E-state index is -0.481. The predicted molar refractivity (Wildman–Crippen MR) is 101 cm³/mol. The van der Waals surface area contributed by atoms with Crippen LogP contribution in [0.5, 0.6) is 5.75 Å². The third-order valence-electron chi connectivity index (χ3n) is 4.17. The zero-order chi connectivity index (χ0) is 19.4. The first kappa shape index (κ1) is 18.2. The Bertz CT molecular complexity index is 980. The average Bonchev–Trinajstić information content (AvgIpc) is 3.00. The molecule has 0 aliphatic rings. The first-order valence-electron chi connectivity index (χ1n) is 8.36. The van der Waals surface area contributed by atoms with E-state index in [2.05, 4.69) is 15.8 Å². The number of hydrazine groups is 1. The van der Waals surface area contributed by atoms with Gasteiger partial charge in [0.2, 0.25) is 0 Å². The van der Waals surface area contributed by atoms with Gasteiger partial charge in [0.25, 0.3) is 11.8 Å². The lowest BCUT2D eigenvalue weighted by atomic mass is 10.2. The first-order valence-corrected chi connectivity index (χ1v) is 8.36. The molecule has 0 unspecified atom stereocenters. The van der Waals surface area contributed by atoms with E-state index in [4.69, 9.17) is 4.74 Å². The van der Waals surface area contributed by atoms with Gasteiger partial charge < -0.3 is 9.30 Å². The van der Waals surface area contributed by atoms with Crippen molar-refractivity contribution in [2.75, 3.05) is 7.11 Å². The first-order chi connectivity index (χ1) is 13.0. The SMILES string of the molecule is COc1cccc(-n2c(C)cc(C(=O)NNC(=O)c3ccccn3)c2C)c1. The maximum absolute atomic E-state index is 12.5. The highest BCUT2D eigenvalue weighted by atomic mass is 16.5. The van der Waals surface area contributed by atoms with Crippen LogP contribution in [-0.2, 0) is 0 Å². The average molecular weight is 364 g/mol. The molecule has 2 heterocycles. The van der Waals surface area contributed by atoms with Crippen molar-refractivity contribution in [1.29, 1.82) is 0 Å². The number of ether oxygens (including phenoxy) is 1. The maximum Gasteiger partial charge on any atom is 0.288 e. The fraction of sp³-hybridized carbons (Fsp3) is 0.150. The highest BCUT2D eigenvalue weighted by Crippen LogP contribution is 2.23. The normalized spacial score (nSPS) is 10.3. The summed E-state index contributed by atoms with van der Waals surface area (Å²) in [6, 6.07) is 14.3. The van der Waals surface area contributed by atoms with Crippen LogP contribution < -0.4 is 15.6 Å². The van der Waals surface area contributed by atoms with Crippen molar-refractivity contribution < 1.29 is 14.3 Å². The Kier molecular flexibility index (Phi) is 5.21. The Morgan fingerprint density at radius 3 is 2.48 bits per heavy atom. The number of carbonyl (C=O) groups excluding carboxylic acids is 2. The number of amides is 2. The van der Waals surface area contributed by atoms with Crippen LogP contribution in [0.3, 0.4) is 0 Å². The summed E-state index contributed by atoms with van der Waals surface area (Å²) in [7, 11) is 1.61. The zero-order valence-corrected chi connectivity index (χ0v) is 15.3. The van der Waals surface area contributed by atoms with Crippen LogP contribution in [0.4, 0.5) is 0 Å². The summed E-state index contributed by atoms with van der Waals surface area (Å²) in [5.41, 5.74) is 8.04. The summed E-state index contributed by atoms with van der Waals surface area (Å²) in [5, 5.41) is 0. The van der Waals surface area contributed by atoms with Gasteiger partial charge in [-0.05, 0) is 44.2 Å². The van der Waals surface area contributed by atoms with Crippen LogP contribution >= 0.6 is 0 Å². The molecule has 2 N–H and O–H groups in total. The van der Waals surface area contributed by atoms with Gasteiger partial charge in [0.15, 0.2) is 0 Å². The summed E-state index contributed by atoms with van der Waals surface area (Å²) in [5.74, 6) is -0.152. The minimum Gasteiger partial charge on any atom is -0.497 e. The van der Waals surface area contributed by atoms with E-state index in [-0.39, 0.29) is 5.69 Å². The Labute approximate surface area is 157 Å². The summed E-state index contributed by atoms with van der Waals surface area (Å²) in [6.07, 6.45) is 1.51. The number of nitrogens with zero attached hydrogens (tertiary/aromatic N) is 2. The van der Waals surface area contributed by atoms with E-state index in [0.717, 1.165) is 22.8 Å². The van der Waals surface area contributed by atoms with E-state index in [1.807, 2.05) is 42.7 Å². The molecule has 0 aliphatic carbocycles. The molecule has 0 fully saturated rings. The van der Waals surface area contributed by atoms with E-state index in [1.165, 1.54) is 6.20 Å². The number of methoxy groups -OCH3 is 1. The molecular weight excluding hydrogens is 344 g/mol. The minimum absolute atomic E-state index is 0.222. The second-order valence-electron chi connectivity index (χ2n) is 5.94. The maximum atomic E-state index is 12.5. The van der Waals surface area contributed by atoms with Crippen LogP contribution in [0.1, 0.15) is 32.2 Å². The summed E-state index contributed by atoms with van der Waals surface area (Å²) < 4.78 is 7.23. The number of hydrogen-bond donors (Lipinski definition) is 2. The zero-order valence-electron chi connectivity index (χ0n) is 15.3. The van der Waals surface area contributed by atoms with Gasteiger partial charge >= 0.3 is 0 Å². The molecule has 0 atom stereocenters. The third-order valence-corrected chi connectivity index (χ3v) is 4.17. The second-order valence-corrected chi connectivity index (χ2v) is 5.94. The Morgan fingerprint density at radius 1 is 1.00 bits per heavy atom. The third kappa shape index (κ3) is 3.82. The highest BCUT2D eigenvalue weighted by Gasteiger charge is 2.18. The van der Waals surface area contributed by atoms with Crippen LogP contribution in [0.2, 0.25) is 0 Å². The van der Waals surface area contributed by atoms with E-state index in [9.17, 15) is 9.59 Å². The van der Waals surface area contributed by atoms with E-state index in [0.29, 0.717) is 5.56 Å². The van der Waals surface area contributed by atoms with Crippen LogP contribution in [0.25, 0.3) is 5.69 Å². The van der Waals surface area contributed by atoms with Crippen LogP contribution in [0, 0.1) is 13.8 Å². The Morgan fingerprint density at radius 2 is 1.78 bits per heavy atom. The molecular formula is C20H20N4O3. The standard InChI is InChI=1S/C20H20N4O3/c1-13-11-17(14(2)24(13)15-7-6-8-16(12-15)27-3)19(25)22-23-20(26)18-9-4-5-10-21-18/h4-12H,1-3H3,(H,22,25)(H,23,26). The monoisotopic (exact) mass is 364 g/mol. The topological polar surface area (TPSA) is 85.2 Å². The number of benzene rings is 1. The molecule has 0 saturated carbocycles. The molecule has 3 aromatic rings. The Balaban J connectivity index is 1.79. The number of nitrogens with one attached hydrogen (secondary N) is 2. The molecule has 1 aromatic carbocycles. The van der Waals surface area contributed by atoms with Gasteiger partial charge in [0.05, 0.1) is 12.7 Å². The van der Waals surface area contributed by atoms with Gasteiger partial charge in [-0.1, -0.05) is 12.1 Å². The predicted octanol–water partition coefficient (Wildman–Crippen LogP) is 2.57. The van der Waals surface area contributed by atoms with Crippen molar-refractivity contribution >= 4 is 11.8 Å². The summed E-state index contributed by atoms with van der Waals surface area (Å²) in [4.78, 5) is 28.5. The molecule has 0 saturated heterocycles. The fourth-order valence-corrected chi connectivity index (χ4v) is 2.88. The van der Waals surface area contributed by atoms with Crippen LogP contribution in [0.15, 0.2) is 54.7 Å². The number of aromatic nitrogens is 2. The van der Waals surface area contributed by atoms with Gasteiger partial charge in [-0.15, -0.1) is 0 Å². The second kappa shape index (κ2) is 7.74. The number of carbonyl (C=O) groups is 2. The van der Waals surface area contributed by atoms with Crippen molar-refractivity contribution in [1.82, 2.24) is 20.4 Å². The van der Waals surface area contributed by atoms with Gasteiger partial charge in [0, 0.05) is 29.3 Å². The lowest BCUT2D eigenvalue weighted by Gasteiger charge is -2.11. The quantitative estimate of drug-likeness (QED) is 0.697. The number of aryl methyl sites for hydroxylation is 1. The van der Waals surface area contributed by atoms with Crippen molar-refractivity contribution in [3.63, 3.8) is 0 Å². The molecule has 0 spiro atoms. The molecule has 27 heavy (non-hydrogen) atoms. The Hall–Kier alpha value is -3.61. The number of pyridine rings is 1. The van der Waals surface area contributed by atoms with Gasteiger partial charge in [-0.3, -0.25) is 25.4 Å². The van der Waals surface area contributed by atoms with E-state index < -0.39 is 11.8 Å². The van der Waals surface area contributed by atoms with E-state index >= 15 is 0 Å². The van der Waals surface area contributed by atoms with Gasteiger partial charge in [-0.25, -0.2) is 0 Å². The lowest BCUT2D eigenvalue weighted by Crippen LogP contribution is -2.42. The largest absolute Gasteiger partial charge is 0.497 e. The molecule has 7 heteroatoms. The molecule has 0 radical (unpaired) electrons. The molecule has 3 rings (SSSR count). The van der Waals surface area contributed by atoms with Crippen molar-refractivity contribution in [2.24, 2.45) is 0 Å². The van der Waals surface area contributed by atoms with Gasteiger partial charge in [0.1, 0.15) is 11.4 Å². The molecule has 2 amide bonds. The van der Waals surface area contributed by atoms with Crippen molar-refractivity contribution in [2.45, 2.75) is 13.8 Å². The summed E-state index contributed by atoms with van der Waals surface area (Å²) in [6.45, 7) is 3.76. The van der Waals surface area contributed by atoms with Gasteiger partial charge in [-0.2, -0.15) is 0 Å². The molecule has 7 nitrogen and oxygen atoms in total. The van der Waals surface area contributed by atoms with Crippen LogP contribution in [-0.4, -0.2) is 28.5 Å². The molecule has 2 aromatic heterocycles. The van der Waals surface area contributed by atoms with Crippen molar-refractivity contribution in [3.05, 3.63) is 77.4 Å². The van der Waals surface area contributed by atoms with E-state index in [1.54, 1.807) is 31.4 Å². The smallest absolute Gasteiger partial charge is 0.288 e. The molecule has 0 bridgehead atoms. The van der Waals surface area contributed by atoms with Crippen molar-refractivity contribution in [3.8, 4) is 11.4 Å². The number of hydrogen-bond acceptors (Lipinski definition) is 4.